The Hall–Kier alpha value is -2.26. The van der Waals surface area contributed by atoms with Crippen molar-refractivity contribution in [2.24, 2.45) is 0 Å². The van der Waals surface area contributed by atoms with Crippen LogP contribution in [-0.4, -0.2) is 55.4 Å². The highest BCUT2D eigenvalue weighted by atomic mass is 16.5. The molecule has 3 rings (SSSR count). The van der Waals surface area contributed by atoms with Crippen LogP contribution in [0.5, 0.6) is 0 Å². The van der Waals surface area contributed by atoms with Gasteiger partial charge in [0.25, 0.3) is 0 Å². The van der Waals surface area contributed by atoms with Gasteiger partial charge >= 0.3 is 6.03 Å². The number of amides is 2. The molecule has 2 atom stereocenters. The summed E-state index contributed by atoms with van der Waals surface area (Å²) in [7, 11) is 0. The van der Waals surface area contributed by atoms with Crippen LogP contribution in [0.15, 0.2) is 24.3 Å². The summed E-state index contributed by atoms with van der Waals surface area (Å²) in [5.41, 5.74) is 1.82. The average Bonchev–Trinajstić information content (AvgIpc) is 2.64. The summed E-state index contributed by atoms with van der Waals surface area (Å²) in [5, 5.41) is 12.1. The summed E-state index contributed by atoms with van der Waals surface area (Å²) in [6.07, 6.45) is 1.94. The highest BCUT2D eigenvalue weighted by molar-refractivity contribution is 5.75. The number of nitriles is 1. The molecule has 0 spiro atoms. The van der Waals surface area contributed by atoms with Gasteiger partial charge in [0.15, 0.2) is 0 Å². The van der Waals surface area contributed by atoms with E-state index in [4.69, 9.17) is 10.00 Å². The van der Waals surface area contributed by atoms with Crippen LogP contribution in [0, 0.1) is 11.3 Å². The van der Waals surface area contributed by atoms with E-state index in [1.807, 2.05) is 43.0 Å². The number of urea groups is 1. The first-order chi connectivity index (χ1) is 12.1. The van der Waals surface area contributed by atoms with Gasteiger partial charge < -0.3 is 19.9 Å². The van der Waals surface area contributed by atoms with Gasteiger partial charge in [-0.05, 0) is 51.0 Å². The number of carbonyl (C=O) groups excluding carboxylic acids is 1. The average molecular weight is 342 g/mol. The number of morpholine rings is 1. The van der Waals surface area contributed by atoms with Gasteiger partial charge in [0, 0.05) is 31.4 Å². The van der Waals surface area contributed by atoms with Gasteiger partial charge in [-0.25, -0.2) is 4.79 Å². The van der Waals surface area contributed by atoms with Crippen LogP contribution in [0.2, 0.25) is 0 Å². The van der Waals surface area contributed by atoms with Crippen LogP contribution in [0.4, 0.5) is 10.5 Å². The molecule has 0 aromatic heterocycles. The van der Waals surface area contributed by atoms with Crippen molar-refractivity contribution in [3.63, 3.8) is 0 Å². The van der Waals surface area contributed by atoms with Gasteiger partial charge in [-0.2, -0.15) is 5.26 Å². The highest BCUT2D eigenvalue weighted by Crippen LogP contribution is 2.21. The monoisotopic (exact) mass is 342 g/mol. The maximum atomic E-state index is 12.6. The maximum absolute atomic E-state index is 12.6. The standard InChI is InChI=1S/C19H26N4O2/c1-14-15(2)25-12-11-23(14)19(24)21-17-7-9-22(10-8-17)18-5-3-16(13-20)4-6-18/h3-6,14-15,17H,7-12H2,1-2H3,(H,21,24)/t14-,15+/m0/s1. The van der Waals surface area contributed by atoms with Crippen molar-refractivity contribution in [2.45, 2.75) is 44.9 Å². The second-order valence-electron chi connectivity index (χ2n) is 6.88. The van der Waals surface area contributed by atoms with E-state index in [9.17, 15) is 4.79 Å². The van der Waals surface area contributed by atoms with Gasteiger partial charge in [0.1, 0.15) is 0 Å². The summed E-state index contributed by atoms with van der Waals surface area (Å²) in [6, 6.07) is 10.2. The van der Waals surface area contributed by atoms with E-state index in [1.165, 1.54) is 0 Å². The maximum Gasteiger partial charge on any atom is 0.318 e. The van der Waals surface area contributed by atoms with Crippen molar-refractivity contribution >= 4 is 11.7 Å². The summed E-state index contributed by atoms with van der Waals surface area (Å²) in [4.78, 5) is 16.8. The molecular weight excluding hydrogens is 316 g/mol. The molecule has 0 aliphatic carbocycles. The third-order valence-electron chi connectivity index (χ3n) is 5.33. The second kappa shape index (κ2) is 7.75. The lowest BCUT2D eigenvalue weighted by Crippen LogP contribution is -2.57. The third kappa shape index (κ3) is 4.05. The number of hydrogen-bond acceptors (Lipinski definition) is 4. The van der Waals surface area contributed by atoms with Crippen LogP contribution in [-0.2, 0) is 4.74 Å². The van der Waals surface area contributed by atoms with E-state index < -0.39 is 0 Å². The SMILES string of the molecule is C[C@H]1OCCN(C(=O)NC2CCN(c3ccc(C#N)cc3)CC2)[C@H]1C. The Balaban J connectivity index is 1.50. The Kier molecular flexibility index (Phi) is 5.44. The minimum Gasteiger partial charge on any atom is -0.375 e. The lowest BCUT2D eigenvalue weighted by molar-refractivity contribution is -0.0380. The van der Waals surface area contributed by atoms with E-state index in [2.05, 4.69) is 16.3 Å². The molecular formula is C19H26N4O2. The number of nitrogens with zero attached hydrogens (tertiary/aromatic N) is 3. The minimum atomic E-state index is 0.0273. The van der Waals surface area contributed by atoms with E-state index >= 15 is 0 Å². The van der Waals surface area contributed by atoms with Gasteiger partial charge in [0.2, 0.25) is 0 Å². The molecule has 0 saturated carbocycles. The fourth-order valence-corrected chi connectivity index (χ4v) is 3.51. The van der Waals surface area contributed by atoms with Crippen molar-refractivity contribution in [1.29, 1.82) is 5.26 Å². The molecule has 134 valence electrons. The molecule has 0 bridgehead atoms. The number of carbonyl (C=O) groups is 1. The number of nitrogens with one attached hydrogen (secondary N) is 1. The molecule has 6 heteroatoms. The van der Waals surface area contributed by atoms with Gasteiger partial charge in [-0.3, -0.25) is 0 Å². The lowest BCUT2D eigenvalue weighted by Gasteiger charge is -2.40. The van der Waals surface area contributed by atoms with E-state index in [-0.39, 0.29) is 24.2 Å². The number of ether oxygens (including phenoxy) is 1. The summed E-state index contributed by atoms with van der Waals surface area (Å²) < 4.78 is 5.59. The molecule has 1 aromatic carbocycles. The molecule has 1 aromatic rings. The van der Waals surface area contributed by atoms with E-state index in [1.54, 1.807) is 0 Å². The predicted molar refractivity (Wildman–Crippen MR) is 96.5 cm³/mol. The molecule has 2 fully saturated rings. The Morgan fingerprint density at radius 1 is 1.20 bits per heavy atom. The number of piperidine rings is 1. The summed E-state index contributed by atoms with van der Waals surface area (Å²) in [5.74, 6) is 0. The van der Waals surface area contributed by atoms with Crippen LogP contribution >= 0.6 is 0 Å². The molecule has 2 aliphatic heterocycles. The Morgan fingerprint density at radius 3 is 2.52 bits per heavy atom. The van der Waals surface area contributed by atoms with Crippen molar-refractivity contribution < 1.29 is 9.53 Å². The van der Waals surface area contributed by atoms with Crippen molar-refractivity contribution in [3.8, 4) is 6.07 Å². The zero-order valence-corrected chi connectivity index (χ0v) is 14.9. The minimum absolute atomic E-state index is 0.0273. The number of anilines is 1. The molecule has 2 amide bonds. The molecule has 1 N–H and O–H groups in total. The van der Waals surface area contributed by atoms with Crippen molar-refractivity contribution in [2.75, 3.05) is 31.1 Å². The van der Waals surface area contributed by atoms with Crippen molar-refractivity contribution in [3.05, 3.63) is 29.8 Å². The zero-order chi connectivity index (χ0) is 17.8. The Bertz CT molecular complexity index is 632. The number of benzene rings is 1. The molecule has 0 radical (unpaired) electrons. The van der Waals surface area contributed by atoms with Crippen LogP contribution < -0.4 is 10.2 Å². The number of rotatable bonds is 2. The number of hydrogen-bond donors (Lipinski definition) is 1. The molecule has 25 heavy (non-hydrogen) atoms. The van der Waals surface area contributed by atoms with E-state index in [0.29, 0.717) is 18.7 Å². The summed E-state index contributed by atoms with van der Waals surface area (Å²) in [6.45, 7) is 7.13. The molecule has 2 heterocycles. The Morgan fingerprint density at radius 2 is 1.88 bits per heavy atom. The Labute approximate surface area is 149 Å². The topological polar surface area (TPSA) is 68.6 Å². The molecule has 2 saturated heterocycles. The van der Waals surface area contributed by atoms with Gasteiger partial charge in [-0.1, -0.05) is 0 Å². The van der Waals surface area contributed by atoms with Gasteiger partial charge in [-0.15, -0.1) is 0 Å². The first kappa shape index (κ1) is 17.6. The second-order valence-corrected chi connectivity index (χ2v) is 6.88. The fraction of sp³-hybridized carbons (Fsp3) is 0.579. The molecule has 2 aliphatic rings. The highest BCUT2D eigenvalue weighted by Gasteiger charge is 2.30. The van der Waals surface area contributed by atoms with Crippen LogP contribution in [0.3, 0.4) is 0 Å². The molecule has 0 unspecified atom stereocenters. The lowest BCUT2D eigenvalue weighted by atomic mass is 10.0. The van der Waals surface area contributed by atoms with Crippen LogP contribution in [0.25, 0.3) is 0 Å². The largest absolute Gasteiger partial charge is 0.375 e. The van der Waals surface area contributed by atoms with Crippen molar-refractivity contribution in [1.82, 2.24) is 10.2 Å². The first-order valence-electron chi connectivity index (χ1n) is 9.02. The quantitative estimate of drug-likeness (QED) is 0.896. The van der Waals surface area contributed by atoms with E-state index in [0.717, 1.165) is 31.6 Å². The summed E-state index contributed by atoms with van der Waals surface area (Å²) >= 11 is 0. The fourth-order valence-electron chi connectivity index (χ4n) is 3.51. The molecule has 6 nitrogen and oxygen atoms in total. The predicted octanol–water partition coefficient (Wildman–Crippen LogP) is 2.35. The normalized spacial score (nSPS) is 24.7. The third-order valence-corrected chi connectivity index (χ3v) is 5.33. The van der Waals surface area contributed by atoms with Gasteiger partial charge in [0.05, 0.1) is 30.4 Å². The smallest absolute Gasteiger partial charge is 0.318 e. The zero-order valence-electron chi connectivity index (χ0n) is 14.9. The van der Waals surface area contributed by atoms with Crippen LogP contribution in [0.1, 0.15) is 32.3 Å². The first-order valence-corrected chi connectivity index (χ1v) is 9.02.